The Morgan fingerprint density at radius 2 is 1.84 bits per heavy atom. The number of aliphatic hydroxyl groups excluding tert-OH is 1. The molecule has 6 nitrogen and oxygen atoms in total. The van der Waals surface area contributed by atoms with Gasteiger partial charge in [-0.15, -0.1) is 0 Å². The van der Waals surface area contributed by atoms with E-state index in [0.717, 1.165) is 12.1 Å². The van der Waals surface area contributed by atoms with Crippen molar-refractivity contribution in [2.45, 2.75) is 19.4 Å². The maximum atomic E-state index is 14.0. The number of nitrogens with zero attached hydrogens (tertiary/aromatic N) is 1. The van der Waals surface area contributed by atoms with Crippen LogP contribution in [0.25, 0.3) is 21.7 Å². The number of carbonyl (C=O) groups excluding carboxylic acids is 1. The molecular weight excluding hydrogens is 440 g/mol. The van der Waals surface area contributed by atoms with Gasteiger partial charge in [-0.3, -0.25) is 9.59 Å². The molecule has 1 atom stereocenters. The molecular formula is C23H20ClF2N3O3. The summed E-state index contributed by atoms with van der Waals surface area (Å²) in [5, 5.41) is 10.5. The van der Waals surface area contributed by atoms with E-state index in [4.69, 9.17) is 11.6 Å². The van der Waals surface area contributed by atoms with E-state index in [1.807, 2.05) is 12.1 Å². The number of hydrogen-bond donors (Lipinski definition) is 3. The Hall–Kier alpha value is -3.23. The second-order valence-electron chi connectivity index (χ2n) is 7.50. The standard InChI is InChI=1S/C23H20ClF2N3O3/c1-12(16-11-27-22(31)15-10-18(26)17(25)9-14(15)16)29(7-4-8-30)23(32)21-20(24)13-5-2-3-6-19(13)28-21/h2-3,5-6,9-12,28,30H,4,7-8H2,1H3,(H,27,31)/t12-/m0/s1. The molecule has 4 aromatic rings. The number of nitrogens with one attached hydrogen (secondary N) is 2. The zero-order valence-electron chi connectivity index (χ0n) is 17.1. The molecule has 0 bridgehead atoms. The van der Waals surface area contributed by atoms with Gasteiger partial charge in [-0.2, -0.15) is 0 Å². The smallest absolute Gasteiger partial charge is 0.272 e. The predicted molar refractivity (Wildman–Crippen MR) is 119 cm³/mol. The SMILES string of the molecule is C[C@@H](c1c[nH]c(=O)c2cc(F)c(F)cc12)N(CCCO)C(=O)c1[nH]c2ccccc2c1Cl. The molecule has 0 unspecified atom stereocenters. The van der Waals surface area contributed by atoms with E-state index in [9.17, 15) is 23.5 Å². The van der Waals surface area contributed by atoms with Crippen LogP contribution in [-0.2, 0) is 0 Å². The number of rotatable bonds is 6. The summed E-state index contributed by atoms with van der Waals surface area (Å²) in [6, 6.07) is 8.36. The number of fused-ring (bicyclic) bond motifs is 2. The van der Waals surface area contributed by atoms with Gasteiger partial charge in [0.25, 0.3) is 11.5 Å². The second kappa shape index (κ2) is 8.72. The van der Waals surface area contributed by atoms with Crippen LogP contribution in [-0.4, -0.2) is 39.0 Å². The molecule has 0 aliphatic carbocycles. The molecule has 2 heterocycles. The first-order valence-corrected chi connectivity index (χ1v) is 10.4. The van der Waals surface area contributed by atoms with Crippen molar-refractivity contribution in [1.82, 2.24) is 14.9 Å². The van der Waals surface area contributed by atoms with Gasteiger partial charge >= 0.3 is 0 Å². The lowest BCUT2D eigenvalue weighted by Crippen LogP contribution is -2.35. The summed E-state index contributed by atoms with van der Waals surface area (Å²) < 4.78 is 27.7. The molecule has 0 aliphatic heterocycles. The van der Waals surface area contributed by atoms with Crippen LogP contribution in [0.1, 0.15) is 35.4 Å². The van der Waals surface area contributed by atoms with Crippen LogP contribution < -0.4 is 5.56 Å². The second-order valence-corrected chi connectivity index (χ2v) is 7.87. The Morgan fingerprint density at radius 3 is 2.53 bits per heavy atom. The fraction of sp³-hybridized carbons (Fsp3) is 0.217. The van der Waals surface area contributed by atoms with Crippen LogP contribution in [0.2, 0.25) is 5.02 Å². The van der Waals surface area contributed by atoms with E-state index in [2.05, 4.69) is 9.97 Å². The van der Waals surface area contributed by atoms with Gasteiger partial charge in [-0.1, -0.05) is 29.8 Å². The van der Waals surface area contributed by atoms with Crippen molar-refractivity contribution in [1.29, 1.82) is 0 Å². The third-order valence-electron chi connectivity index (χ3n) is 5.57. The first-order chi connectivity index (χ1) is 15.3. The summed E-state index contributed by atoms with van der Waals surface area (Å²) >= 11 is 6.47. The van der Waals surface area contributed by atoms with Gasteiger partial charge in [0, 0.05) is 30.3 Å². The zero-order valence-corrected chi connectivity index (χ0v) is 17.8. The number of aromatic amines is 2. The van der Waals surface area contributed by atoms with Crippen molar-refractivity contribution in [3.63, 3.8) is 0 Å². The Labute approximate surface area is 186 Å². The van der Waals surface area contributed by atoms with Gasteiger partial charge in [-0.25, -0.2) is 8.78 Å². The number of halogens is 3. The van der Waals surface area contributed by atoms with E-state index in [-0.39, 0.29) is 41.1 Å². The fourth-order valence-electron chi connectivity index (χ4n) is 3.90. The quantitative estimate of drug-likeness (QED) is 0.396. The minimum Gasteiger partial charge on any atom is -0.396 e. The van der Waals surface area contributed by atoms with Crippen molar-refractivity contribution >= 4 is 39.2 Å². The number of amides is 1. The lowest BCUT2D eigenvalue weighted by atomic mass is 10.0. The number of carbonyl (C=O) groups is 1. The number of pyridine rings is 1. The number of aromatic nitrogens is 2. The third kappa shape index (κ3) is 3.76. The third-order valence-corrected chi connectivity index (χ3v) is 5.96. The van der Waals surface area contributed by atoms with Crippen LogP contribution in [0.5, 0.6) is 0 Å². The molecule has 9 heteroatoms. The Kier molecular flexibility index (Phi) is 5.99. The van der Waals surface area contributed by atoms with Gasteiger partial charge in [0.05, 0.1) is 16.5 Å². The predicted octanol–water partition coefficient (Wildman–Crippen LogP) is 4.53. The van der Waals surface area contributed by atoms with Gasteiger partial charge < -0.3 is 20.0 Å². The fourth-order valence-corrected chi connectivity index (χ4v) is 4.19. The van der Waals surface area contributed by atoms with Gasteiger partial charge in [0.2, 0.25) is 0 Å². The Balaban J connectivity index is 1.82. The number of benzene rings is 2. The number of para-hydroxylation sites is 1. The van der Waals surface area contributed by atoms with E-state index < -0.39 is 29.1 Å². The summed E-state index contributed by atoms with van der Waals surface area (Å²) in [5.41, 5.74) is 0.741. The first kappa shape index (κ1) is 22.0. The van der Waals surface area contributed by atoms with Crippen molar-refractivity contribution in [2.75, 3.05) is 13.2 Å². The molecule has 1 amide bonds. The lowest BCUT2D eigenvalue weighted by molar-refractivity contribution is 0.0673. The highest BCUT2D eigenvalue weighted by Gasteiger charge is 2.28. The molecule has 4 rings (SSSR count). The molecule has 0 saturated heterocycles. The van der Waals surface area contributed by atoms with Crippen molar-refractivity contribution < 1.29 is 18.7 Å². The summed E-state index contributed by atoms with van der Waals surface area (Å²) in [6.45, 7) is 1.73. The van der Waals surface area contributed by atoms with Crippen LogP contribution in [0, 0.1) is 11.6 Å². The van der Waals surface area contributed by atoms with E-state index in [1.54, 1.807) is 19.1 Å². The maximum Gasteiger partial charge on any atom is 0.272 e. The average molecular weight is 460 g/mol. The molecule has 0 saturated carbocycles. The lowest BCUT2D eigenvalue weighted by Gasteiger charge is -2.30. The molecule has 32 heavy (non-hydrogen) atoms. The average Bonchev–Trinajstić information content (AvgIpc) is 3.12. The van der Waals surface area contributed by atoms with E-state index >= 15 is 0 Å². The minimum absolute atomic E-state index is 0.0218. The number of aliphatic hydroxyl groups is 1. The first-order valence-electron chi connectivity index (χ1n) is 10.0. The molecule has 0 radical (unpaired) electrons. The van der Waals surface area contributed by atoms with Crippen LogP contribution in [0.15, 0.2) is 47.4 Å². The molecule has 2 aromatic carbocycles. The molecule has 0 spiro atoms. The van der Waals surface area contributed by atoms with Crippen molar-refractivity contribution in [2.24, 2.45) is 0 Å². The van der Waals surface area contributed by atoms with Gasteiger partial charge in [-0.05, 0) is 42.5 Å². The summed E-state index contributed by atoms with van der Waals surface area (Å²) in [5.74, 6) is -2.65. The number of hydrogen-bond acceptors (Lipinski definition) is 3. The maximum absolute atomic E-state index is 14.0. The van der Waals surface area contributed by atoms with Gasteiger partial charge in [0.15, 0.2) is 11.6 Å². The minimum atomic E-state index is -1.13. The summed E-state index contributed by atoms with van der Waals surface area (Å²) in [7, 11) is 0. The van der Waals surface area contributed by atoms with Gasteiger partial charge in [0.1, 0.15) is 5.69 Å². The normalized spacial score (nSPS) is 12.4. The molecule has 0 fully saturated rings. The zero-order chi connectivity index (χ0) is 23.0. The van der Waals surface area contributed by atoms with Crippen LogP contribution in [0.4, 0.5) is 8.78 Å². The molecule has 3 N–H and O–H groups in total. The van der Waals surface area contributed by atoms with E-state index in [1.165, 1.54) is 11.1 Å². The number of H-pyrrole nitrogens is 2. The summed E-state index contributed by atoms with van der Waals surface area (Å²) in [4.78, 5) is 32.7. The molecule has 166 valence electrons. The highest BCUT2D eigenvalue weighted by molar-refractivity contribution is 6.38. The largest absolute Gasteiger partial charge is 0.396 e. The highest BCUT2D eigenvalue weighted by atomic mass is 35.5. The van der Waals surface area contributed by atoms with E-state index in [0.29, 0.717) is 16.5 Å². The Morgan fingerprint density at radius 1 is 1.16 bits per heavy atom. The molecule has 0 aliphatic rings. The highest BCUT2D eigenvalue weighted by Crippen LogP contribution is 2.32. The summed E-state index contributed by atoms with van der Waals surface area (Å²) in [6.07, 6.45) is 1.68. The van der Waals surface area contributed by atoms with Crippen molar-refractivity contribution in [3.05, 3.63) is 80.9 Å². The van der Waals surface area contributed by atoms with Crippen molar-refractivity contribution in [3.8, 4) is 0 Å². The molecule has 2 aromatic heterocycles. The monoisotopic (exact) mass is 459 g/mol. The Bertz CT molecular complexity index is 1380. The van der Waals surface area contributed by atoms with Crippen LogP contribution >= 0.6 is 11.6 Å². The van der Waals surface area contributed by atoms with Crippen LogP contribution in [0.3, 0.4) is 0 Å². The topological polar surface area (TPSA) is 89.2 Å².